The number of esters is 2. The molecule has 154 valence electrons. The van der Waals surface area contributed by atoms with Crippen LogP contribution in [-0.2, 0) is 27.1 Å². The van der Waals surface area contributed by atoms with Gasteiger partial charge in [0.05, 0.1) is 27.8 Å². The zero-order valence-corrected chi connectivity index (χ0v) is 18.0. The fourth-order valence-corrected chi connectivity index (χ4v) is 4.67. The number of hydrogen-bond donors (Lipinski definition) is 1. The van der Waals surface area contributed by atoms with Crippen LogP contribution in [0.2, 0.25) is 10.0 Å². The van der Waals surface area contributed by atoms with Crippen LogP contribution >= 0.6 is 34.5 Å². The Kier molecular flexibility index (Phi) is 7.16. The zero-order chi connectivity index (χ0) is 21.0. The summed E-state index contributed by atoms with van der Waals surface area (Å²) in [6.45, 7) is 1.49. The summed E-state index contributed by atoms with van der Waals surface area (Å²) < 4.78 is 10.2. The predicted molar refractivity (Wildman–Crippen MR) is 112 cm³/mol. The number of aryl methyl sites for hydroxylation is 1. The highest BCUT2D eigenvalue weighted by molar-refractivity contribution is 7.17. The van der Waals surface area contributed by atoms with E-state index in [-0.39, 0.29) is 17.2 Å². The normalized spacial score (nSPS) is 12.8. The van der Waals surface area contributed by atoms with Crippen LogP contribution in [0, 0.1) is 0 Å². The first kappa shape index (κ1) is 21.6. The Bertz CT molecular complexity index is 957. The number of nitrogens with one attached hydrogen (secondary N) is 1. The van der Waals surface area contributed by atoms with Crippen molar-refractivity contribution in [3.8, 4) is 0 Å². The van der Waals surface area contributed by atoms with Gasteiger partial charge in [-0.2, -0.15) is 0 Å². The first-order valence-corrected chi connectivity index (χ1v) is 10.7. The van der Waals surface area contributed by atoms with Crippen LogP contribution in [0.4, 0.5) is 5.00 Å². The largest absolute Gasteiger partial charge is 0.462 e. The van der Waals surface area contributed by atoms with Gasteiger partial charge in [0.2, 0.25) is 0 Å². The van der Waals surface area contributed by atoms with Gasteiger partial charge in [0, 0.05) is 4.88 Å². The lowest BCUT2D eigenvalue weighted by Crippen LogP contribution is -2.22. The van der Waals surface area contributed by atoms with Crippen molar-refractivity contribution in [2.24, 2.45) is 0 Å². The first-order chi connectivity index (χ1) is 13.9. The number of ether oxygens (including phenoxy) is 2. The Labute approximate surface area is 182 Å². The summed E-state index contributed by atoms with van der Waals surface area (Å²) in [7, 11) is 0. The molecule has 0 aliphatic heterocycles. The van der Waals surface area contributed by atoms with Gasteiger partial charge in [-0.25, -0.2) is 9.59 Å². The number of carbonyl (C=O) groups is 3. The van der Waals surface area contributed by atoms with Crippen molar-refractivity contribution >= 4 is 57.4 Å². The number of amides is 1. The molecule has 0 unspecified atom stereocenters. The maximum Gasteiger partial charge on any atom is 0.341 e. The standard InChI is InChI=1S/C20H19Cl2NO5S/c1-2-27-20(26)17-12-5-3-4-6-15(12)29-18(17)23-16(24)10-28-19(25)11-7-8-13(21)14(22)9-11/h7-9H,2-6,10H2,1H3,(H,23,24). The fraction of sp³-hybridized carbons (Fsp3) is 0.350. The van der Waals surface area contributed by atoms with Gasteiger partial charge >= 0.3 is 11.9 Å². The van der Waals surface area contributed by atoms with Gasteiger partial charge in [-0.15, -0.1) is 11.3 Å². The van der Waals surface area contributed by atoms with Crippen molar-refractivity contribution in [1.29, 1.82) is 0 Å². The molecule has 1 aromatic heterocycles. The van der Waals surface area contributed by atoms with E-state index in [1.165, 1.54) is 29.5 Å². The SMILES string of the molecule is CCOC(=O)c1c(NC(=O)COC(=O)c2ccc(Cl)c(Cl)c2)sc2c1CCCC2. The van der Waals surface area contributed by atoms with Crippen LogP contribution in [0.1, 0.15) is 50.9 Å². The minimum Gasteiger partial charge on any atom is -0.462 e. The number of carbonyl (C=O) groups excluding carboxylic acids is 3. The number of benzene rings is 1. The van der Waals surface area contributed by atoms with Crippen molar-refractivity contribution in [3.63, 3.8) is 0 Å². The molecule has 3 rings (SSSR count). The summed E-state index contributed by atoms with van der Waals surface area (Å²) in [5.74, 6) is -1.69. The third-order valence-corrected chi connectivity index (χ3v) is 6.34. The van der Waals surface area contributed by atoms with Gasteiger partial charge in [0.15, 0.2) is 6.61 Å². The average Bonchev–Trinajstić information content (AvgIpc) is 3.06. The Morgan fingerprint density at radius 2 is 1.83 bits per heavy atom. The van der Waals surface area contributed by atoms with Gasteiger partial charge in [-0.3, -0.25) is 4.79 Å². The molecule has 0 atom stereocenters. The van der Waals surface area contributed by atoms with Gasteiger partial charge in [-0.05, 0) is 56.4 Å². The molecule has 0 radical (unpaired) electrons. The van der Waals surface area contributed by atoms with E-state index in [1.54, 1.807) is 6.92 Å². The third-order valence-electron chi connectivity index (χ3n) is 4.39. The molecule has 0 bridgehead atoms. The highest BCUT2D eigenvalue weighted by Gasteiger charge is 2.27. The van der Waals surface area contributed by atoms with E-state index in [2.05, 4.69) is 5.32 Å². The molecule has 0 saturated carbocycles. The second-order valence-electron chi connectivity index (χ2n) is 6.39. The molecule has 0 saturated heterocycles. The molecule has 2 aromatic rings. The van der Waals surface area contributed by atoms with Crippen LogP contribution in [0.5, 0.6) is 0 Å². The van der Waals surface area contributed by atoms with E-state index in [1.807, 2.05) is 0 Å². The summed E-state index contributed by atoms with van der Waals surface area (Å²) in [4.78, 5) is 37.9. The molecular formula is C20H19Cl2NO5S. The summed E-state index contributed by atoms with van der Waals surface area (Å²) >= 11 is 13.1. The lowest BCUT2D eigenvalue weighted by molar-refractivity contribution is -0.119. The molecule has 0 spiro atoms. The molecule has 1 aliphatic carbocycles. The van der Waals surface area contributed by atoms with Gasteiger partial charge in [0.1, 0.15) is 5.00 Å². The molecule has 0 fully saturated rings. The average molecular weight is 456 g/mol. The highest BCUT2D eigenvalue weighted by Crippen LogP contribution is 2.38. The van der Waals surface area contributed by atoms with Gasteiger partial charge < -0.3 is 14.8 Å². The molecule has 1 amide bonds. The molecule has 29 heavy (non-hydrogen) atoms. The summed E-state index contributed by atoms with van der Waals surface area (Å²) in [6, 6.07) is 4.30. The molecule has 1 aromatic carbocycles. The van der Waals surface area contributed by atoms with E-state index < -0.39 is 24.5 Å². The molecule has 1 aliphatic rings. The van der Waals surface area contributed by atoms with Gasteiger partial charge in [0.25, 0.3) is 5.91 Å². The predicted octanol–water partition coefficient (Wildman–Crippen LogP) is 4.91. The number of halogens is 2. The minimum absolute atomic E-state index is 0.186. The molecule has 1 heterocycles. The number of anilines is 1. The molecule has 1 N–H and O–H groups in total. The van der Waals surface area contributed by atoms with Crippen LogP contribution in [-0.4, -0.2) is 31.1 Å². The Morgan fingerprint density at radius 3 is 2.55 bits per heavy atom. The number of rotatable bonds is 6. The monoisotopic (exact) mass is 455 g/mol. The maximum absolute atomic E-state index is 12.4. The van der Waals surface area contributed by atoms with Crippen LogP contribution in [0.25, 0.3) is 0 Å². The third kappa shape index (κ3) is 5.10. The van der Waals surface area contributed by atoms with Crippen molar-refractivity contribution in [2.45, 2.75) is 32.6 Å². The summed E-state index contributed by atoms with van der Waals surface area (Å²) in [6.07, 6.45) is 3.69. The van der Waals surface area contributed by atoms with E-state index in [0.29, 0.717) is 15.6 Å². The Morgan fingerprint density at radius 1 is 1.07 bits per heavy atom. The lowest BCUT2D eigenvalue weighted by Gasteiger charge is -2.12. The van der Waals surface area contributed by atoms with Crippen LogP contribution in [0.15, 0.2) is 18.2 Å². The van der Waals surface area contributed by atoms with Crippen LogP contribution in [0.3, 0.4) is 0 Å². The van der Waals surface area contributed by atoms with Crippen molar-refractivity contribution in [2.75, 3.05) is 18.5 Å². The van der Waals surface area contributed by atoms with Crippen molar-refractivity contribution in [3.05, 3.63) is 49.8 Å². The van der Waals surface area contributed by atoms with E-state index in [4.69, 9.17) is 32.7 Å². The van der Waals surface area contributed by atoms with Crippen molar-refractivity contribution < 1.29 is 23.9 Å². The van der Waals surface area contributed by atoms with E-state index >= 15 is 0 Å². The highest BCUT2D eigenvalue weighted by atomic mass is 35.5. The topological polar surface area (TPSA) is 81.7 Å². The second-order valence-corrected chi connectivity index (χ2v) is 8.31. The summed E-state index contributed by atoms with van der Waals surface area (Å²) in [5.41, 5.74) is 1.55. The Balaban J connectivity index is 1.68. The number of hydrogen-bond acceptors (Lipinski definition) is 6. The Hall–Kier alpha value is -2.09. The lowest BCUT2D eigenvalue weighted by atomic mass is 9.95. The summed E-state index contributed by atoms with van der Waals surface area (Å²) in [5, 5.41) is 3.66. The van der Waals surface area contributed by atoms with E-state index in [0.717, 1.165) is 36.1 Å². The van der Waals surface area contributed by atoms with E-state index in [9.17, 15) is 14.4 Å². The van der Waals surface area contributed by atoms with Crippen LogP contribution < -0.4 is 5.32 Å². The number of thiophene rings is 1. The zero-order valence-electron chi connectivity index (χ0n) is 15.7. The van der Waals surface area contributed by atoms with Crippen molar-refractivity contribution in [1.82, 2.24) is 0 Å². The quantitative estimate of drug-likeness (QED) is 0.625. The smallest absolute Gasteiger partial charge is 0.341 e. The molecular weight excluding hydrogens is 437 g/mol. The number of fused-ring (bicyclic) bond motifs is 1. The second kappa shape index (κ2) is 9.61. The maximum atomic E-state index is 12.4. The molecule has 9 heteroatoms. The fourth-order valence-electron chi connectivity index (χ4n) is 3.07. The first-order valence-electron chi connectivity index (χ1n) is 9.14. The van der Waals surface area contributed by atoms with Gasteiger partial charge in [-0.1, -0.05) is 23.2 Å². The minimum atomic E-state index is -0.699. The molecule has 6 nitrogen and oxygen atoms in total.